The fourth-order valence-corrected chi connectivity index (χ4v) is 6.52. The summed E-state index contributed by atoms with van der Waals surface area (Å²) < 4.78 is 0. The zero-order valence-corrected chi connectivity index (χ0v) is 21.5. The summed E-state index contributed by atoms with van der Waals surface area (Å²) in [5, 5.41) is 2.69. The first-order chi connectivity index (χ1) is 15.8. The average Bonchev–Trinajstić information content (AvgIpc) is 2.75. The molecule has 0 atom stereocenters. The normalized spacial score (nSPS) is 11.8. The van der Waals surface area contributed by atoms with Gasteiger partial charge in [0, 0.05) is 5.41 Å². The van der Waals surface area contributed by atoms with Crippen LogP contribution < -0.4 is 0 Å². The average molecular weight is 432 g/mol. The van der Waals surface area contributed by atoms with Crippen molar-refractivity contribution in [2.24, 2.45) is 0 Å². The van der Waals surface area contributed by atoms with E-state index >= 15 is 0 Å². The molecule has 4 rings (SSSR count). The highest BCUT2D eigenvalue weighted by Gasteiger charge is 2.41. The van der Waals surface area contributed by atoms with Gasteiger partial charge in [0.25, 0.3) is 0 Å². The van der Waals surface area contributed by atoms with E-state index in [1.165, 1.54) is 73.6 Å². The van der Waals surface area contributed by atoms with E-state index in [-0.39, 0.29) is 5.41 Å². The summed E-state index contributed by atoms with van der Waals surface area (Å²) in [5.41, 5.74) is 12.5. The van der Waals surface area contributed by atoms with Crippen molar-refractivity contribution in [3.05, 3.63) is 117 Å². The van der Waals surface area contributed by atoms with Crippen LogP contribution in [0.1, 0.15) is 62.9 Å². The van der Waals surface area contributed by atoms with Crippen LogP contribution in [-0.2, 0) is 5.41 Å². The molecule has 4 aromatic rings. The molecule has 0 aliphatic carbocycles. The minimum Gasteiger partial charge on any atom is -0.0810 e. The van der Waals surface area contributed by atoms with Crippen molar-refractivity contribution in [3.63, 3.8) is 0 Å². The van der Waals surface area contributed by atoms with E-state index in [2.05, 4.69) is 116 Å². The van der Waals surface area contributed by atoms with Crippen molar-refractivity contribution in [2.75, 3.05) is 0 Å². The Labute approximate surface area is 201 Å². The monoisotopic (exact) mass is 432 g/mol. The molecule has 0 N–H and O–H groups in total. The Kier molecular flexibility index (Phi) is 6.53. The van der Waals surface area contributed by atoms with Gasteiger partial charge in [0.15, 0.2) is 0 Å². The van der Waals surface area contributed by atoms with E-state index in [1.54, 1.807) is 0 Å². The summed E-state index contributed by atoms with van der Waals surface area (Å²) in [6.07, 6.45) is 3.47. The van der Waals surface area contributed by atoms with Gasteiger partial charge in [-0.2, -0.15) is 0 Å². The molecule has 0 aliphatic heterocycles. The Morgan fingerprint density at radius 1 is 0.636 bits per heavy atom. The Hall–Kier alpha value is -2.80. The van der Waals surface area contributed by atoms with Crippen LogP contribution in [0.25, 0.3) is 10.8 Å². The number of hydrogen-bond donors (Lipinski definition) is 0. The van der Waals surface area contributed by atoms with E-state index in [4.69, 9.17) is 0 Å². The quantitative estimate of drug-likeness (QED) is 0.215. The highest BCUT2D eigenvalue weighted by Crippen LogP contribution is 2.50. The molecule has 1 heteroatoms. The minimum absolute atomic E-state index is 0.194. The van der Waals surface area contributed by atoms with Crippen molar-refractivity contribution in [1.29, 1.82) is 0 Å². The first-order valence-corrected chi connectivity index (χ1v) is 12.4. The molecule has 0 radical (unpaired) electrons. The van der Waals surface area contributed by atoms with Gasteiger partial charge < -0.3 is 0 Å². The molecule has 0 bridgehead atoms. The Bertz CT molecular complexity index is 1200. The predicted octanol–water partition coefficient (Wildman–Crippen LogP) is 7.86. The predicted molar refractivity (Wildman–Crippen MR) is 148 cm³/mol. The third-order valence-electron chi connectivity index (χ3n) is 7.36. The van der Waals surface area contributed by atoms with E-state index in [9.17, 15) is 0 Å². The fraction of sp³-hybridized carbons (Fsp3) is 0.312. The van der Waals surface area contributed by atoms with Gasteiger partial charge in [0.1, 0.15) is 7.85 Å². The largest absolute Gasteiger partial charge is 0.101 e. The van der Waals surface area contributed by atoms with Crippen LogP contribution in [0.3, 0.4) is 0 Å². The van der Waals surface area contributed by atoms with Crippen molar-refractivity contribution in [3.8, 4) is 0 Å². The lowest BCUT2D eigenvalue weighted by Gasteiger charge is -2.41. The second kappa shape index (κ2) is 9.22. The second-order valence-electron chi connectivity index (χ2n) is 10.1. The van der Waals surface area contributed by atoms with E-state index in [1.807, 2.05) is 0 Å². The van der Waals surface area contributed by atoms with Crippen LogP contribution in [0.15, 0.2) is 66.7 Å². The van der Waals surface area contributed by atoms with Crippen LogP contribution in [0.2, 0.25) is 6.32 Å². The lowest BCUT2D eigenvalue weighted by atomic mass is 9.61. The standard InChI is InChI=1S/C32H37B/c1-21-17-23(3)30(24(4)18-21)32(15-10-16-33,31-25(5)19-22(2)20-26(31)6)29-14-9-12-27-11-7-8-13-28(27)29/h7-9,11-14,17-20H,10,15-16,33H2,1-6H3. The number of aryl methyl sites for hydroxylation is 6. The Morgan fingerprint density at radius 2 is 1.12 bits per heavy atom. The molecule has 0 nitrogen and oxygen atoms in total. The Morgan fingerprint density at radius 3 is 1.64 bits per heavy atom. The summed E-state index contributed by atoms with van der Waals surface area (Å²) in [5.74, 6) is 0. The van der Waals surface area contributed by atoms with Crippen molar-refractivity contribution >= 4 is 18.6 Å². The third-order valence-corrected chi connectivity index (χ3v) is 7.36. The summed E-state index contributed by atoms with van der Waals surface area (Å²) >= 11 is 0. The van der Waals surface area contributed by atoms with Crippen LogP contribution in [-0.4, -0.2) is 7.85 Å². The maximum atomic E-state index is 2.40. The minimum atomic E-state index is -0.194. The molecule has 0 aliphatic rings. The smallest absolute Gasteiger partial charge is 0.0810 e. The first-order valence-electron chi connectivity index (χ1n) is 12.4. The highest BCUT2D eigenvalue weighted by atomic mass is 14.4. The molecule has 0 spiro atoms. The molecule has 0 aromatic heterocycles. The molecule has 0 heterocycles. The van der Waals surface area contributed by atoms with Crippen molar-refractivity contribution in [1.82, 2.24) is 0 Å². The molecular weight excluding hydrogens is 395 g/mol. The summed E-state index contributed by atoms with van der Waals surface area (Å²) in [7, 11) is 2.32. The molecular formula is C32H37B. The van der Waals surface area contributed by atoms with E-state index in [0.29, 0.717) is 0 Å². The number of hydrogen-bond acceptors (Lipinski definition) is 0. The van der Waals surface area contributed by atoms with Crippen LogP contribution in [0, 0.1) is 41.5 Å². The third kappa shape index (κ3) is 4.03. The number of rotatable bonds is 6. The van der Waals surface area contributed by atoms with Gasteiger partial charge in [0.05, 0.1) is 0 Å². The summed E-state index contributed by atoms with van der Waals surface area (Å²) in [6, 6.07) is 25.4. The van der Waals surface area contributed by atoms with Crippen LogP contribution in [0.5, 0.6) is 0 Å². The van der Waals surface area contributed by atoms with Crippen LogP contribution >= 0.6 is 0 Å². The maximum Gasteiger partial charge on any atom is 0.101 e. The van der Waals surface area contributed by atoms with Gasteiger partial charge in [-0.15, -0.1) is 0 Å². The topological polar surface area (TPSA) is 0 Å². The summed E-state index contributed by atoms with van der Waals surface area (Å²) in [6.45, 7) is 13.7. The molecule has 33 heavy (non-hydrogen) atoms. The zero-order chi connectivity index (χ0) is 23.8. The summed E-state index contributed by atoms with van der Waals surface area (Å²) in [4.78, 5) is 0. The SMILES string of the molecule is BCCCC(c1c(C)cc(C)cc1C)(c1c(C)cc(C)cc1C)c1cccc2ccccc12. The van der Waals surface area contributed by atoms with E-state index in [0.717, 1.165) is 6.42 Å². The lowest BCUT2D eigenvalue weighted by Crippen LogP contribution is -2.33. The lowest BCUT2D eigenvalue weighted by molar-refractivity contribution is 0.542. The maximum absolute atomic E-state index is 2.40. The molecule has 4 aromatic carbocycles. The van der Waals surface area contributed by atoms with Crippen molar-refractivity contribution in [2.45, 2.75) is 66.1 Å². The fourth-order valence-electron chi connectivity index (χ4n) is 6.52. The first kappa shape index (κ1) is 23.4. The molecule has 168 valence electrons. The molecule has 0 saturated heterocycles. The van der Waals surface area contributed by atoms with Gasteiger partial charge in [-0.3, -0.25) is 0 Å². The zero-order valence-electron chi connectivity index (χ0n) is 21.5. The van der Waals surface area contributed by atoms with E-state index < -0.39 is 0 Å². The molecule has 0 amide bonds. The van der Waals surface area contributed by atoms with Gasteiger partial charge >= 0.3 is 0 Å². The Balaban J connectivity index is 2.25. The molecule has 0 unspecified atom stereocenters. The number of benzene rings is 4. The molecule has 0 fully saturated rings. The van der Waals surface area contributed by atoms with Gasteiger partial charge in [0.2, 0.25) is 0 Å². The van der Waals surface area contributed by atoms with Gasteiger partial charge in [-0.05, 0) is 97.7 Å². The van der Waals surface area contributed by atoms with Crippen molar-refractivity contribution < 1.29 is 0 Å². The van der Waals surface area contributed by atoms with Gasteiger partial charge in [-0.25, -0.2) is 0 Å². The van der Waals surface area contributed by atoms with Crippen LogP contribution in [0.4, 0.5) is 0 Å². The van der Waals surface area contributed by atoms with Gasteiger partial charge in [-0.1, -0.05) is 90.6 Å². The second-order valence-corrected chi connectivity index (χ2v) is 10.1. The number of fused-ring (bicyclic) bond motifs is 1. The highest BCUT2D eigenvalue weighted by molar-refractivity contribution is 6.08. The molecule has 0 saturated carbocycles.